The largest absolute Gasteiger partial charge is 0.326 e. The molecule has 16 heavy (non-hydrogen) atoms. The first-order chi connectivity index (χ1) is 7.17. The number of amides is 1. The highest BCUT2D eigenvalue weighted by Gasteiger charge is 2.10. The molecule has 0 heterocycles. The average molecular weight is 261 g/mol. The van der Waals surface area contributed by atoms with E-state index in [9.17, 15) is 4.79 Å². The van der Waals surface area contributed by atoms with E-state index in [1.54, 1.807) is 0 Å². The highest BCUT2D eigenvalue weighted by atomic mass is 35.5. The second kappa shape index (κ2) is 7.54. The molecular formula is C11H17ClN2OS. The van der Waals surface area contributed by atoms with E-state index in [0.717, 1.165) is 11.3 Å². The first kappa shape index (κ1) is 15.3. The summed E-state index contributed by atoms with van der Waals surface area (Å²) in [6.07, 6.45) is 1.92. The molecule has 0 aliphatic carbocycles. The number of nitrogens with two attached hydrogens (primary N) is 1. The number of rotatable bonds is 4. The molecular weight excluding hydrogens is 244 g/mol. The van der Waals surface area contributed by atoms with Crippen LogP contribution in [0.1, 0.15) is 12.5 Å². The van der Waals surface area contributed by atoms with Crippen LogP contribution in [0.15, 0.2) is 24.3 Å². The molecule has 0 saturated carbocycles. The van der Waals surface area contributed by atoms with Gasteiger partial charge in [0, 0.05) is 12.2 Å². The van der Waals surface area contributed by atoms with Gasteiger partial charge in [-0.3, -0.25) is 4.79 Å². The SMILES string of the molecule is CSC(C)C(=O)Nc1ccc(CN)cc1.Cl. The van der Waals surface area contributed by atoms with Crippen LogP contribution >= 0.6 is 24.2 Å². The fraction of sp³-hybridized carbons (Fsp3) is 0.364. The predicted molar refractivity (Wildman–Crippen MR) is 73.2 cm³/mol. The summed E-state index contributed by atoms with van der Waals surface area (Å²) in [6, 6.07) is 7.57. The second-order valence-corrected chi connectivity index (χ2v) is 4.45. The summed E-state index contributed by atoms with van der Waals surface area (Å²) < 4.78 is 0. The molecule has 1 amide bonds. The maximum atomic E-state index is 11.5. The summed E-state index contributed by atoms with van der Waals surface area (Å²) in [5.74, 6) is 0.0306. The minimum Gasteiger partial charge on any atom is -0.326 e. The van der Waals surface area contributed by atoms with Gasteiger partial charge >= 0.3 is 0 Å². The molecule has 3 N–H and O–H groups in total. The summed E-state index contributed by atoms with van der Waals surface area (Å²) in [5.41, 5.74) is 7.36. The van der Waals surface area contributed by atoms with E-state index in [4.69, 9.17) is 5.73 Å². The zero-order valence-electron chi connectivity index (χ0n) is 9.40. The maximum absolute atomic E-state index is 11.5. The Labute approximate surface area is 107 Å². The van der Waals surface area contributed by atoms with Crippen molar-refractivity contribution in [2.45, 2.75) is 18.7 Å². The van der Waals surface area contributed by atoms with Crippen molar-refractivity contribution in [2.75, 3.05) is 11.6 Å². The van der Waals surface area contributed by atoms with Crippen LogP contribution in [0.3, 0.4) is 0 Å². The van der Waals surface area contributed by atoms with Crippen LogP contribution in [0.2, 0.25) is 0 Å². The van der Waals surface area contributed by atoms with E-state index in [2.05, 4.69) is 5.32 Å². The van der Waals surface area contributed by atoms with Gasteiger partial charge in [-0.1, -0.05) is 12.1 Å². The molecule has 0 bridgehead atoms. The summed E-state index contributed by atoms with van der Waals surface area (Å²) in [4.78, 5) is 11.5. The lowest BCUT2D eigenvalue weighted by molar-refractivity contribution is -0.115. The quantitative estimate of drug-likeness (QED) is 0.873. The minimum absolute atomic E-state index is 0. The molecule has 0 aromatic heterocycles. The monoisotopic (exact) mass is 260 g/mol. The third-order valence-corrected chi connectivity index (χ3v) is 3.10. The van der Waals surface area contributed by atoms with Crippen LogP contribution in [0.5, 0.6) is 0 Å². The van der Waals surface area contributed by atoms with E-state index in [0.29, 0.717) is 6.54 Å². The summed E-state index contributed by atoms with van der Waals surface area (Å²) in [5, 5.41) is 2.81. The Hall–Kier alpha value is -0.710. The van der Waals surface area contributed by atoms with Gasteiger partial charge < -0.3 is 11.1 Å². The van der Waals surface area contributed by atoms with Crippen molar-refractivity contribution in [2.24, 2.45) is 5.73 Å². The molecule has 1 atom stereocenters. The molecule has 0 fully saturated rings. The van der Waals surface area contributed by atoms with E-state index >= 15 is 0 Å². The molecule has 1 aromatic carbocycles. The Morgan fingerprint density at radius 2 is 2.00 bits per heavy atom. The van der Waals surface area contributed by atoms with Crippen LogP contribution in [-0.2, 0) is 11.3 Å². The fourth-order valence-corrected chi connectivity index (χ4v) is 1.35. The number of carbonyl (C=O) groups is 1. The molecule has 0 aliphatic rings. The highest BCUT2D eigenvalue weighted by Crippen LogP contribution is 2.12. The number of anilines is 1. The summed E-state index contributed by atoms with van der Waals surface area (Å²) in [6.45, 7) is 2.41. The van der Waals surface area contributed by atoms with Gasteiger partial charge in [0.2, 0.25) is 5.91 Å². The van der Waals surface area contributed by atoms with Gasteiger partial charge in [-0.15, -0.1) is 12.4 Å². The molecule has 3 nitrogen and oxygen atoms in total. The molecule has 90 valence electrons. The van der Waals surface area contributed by atoms with Gasteiger partial charge in [-0.05, 0) is 30.9 Å². The van der Waals surface area contributed by atoms with E-state index < -0.39 is 0 Å². The Morgan fingerprint density at radius 3 is 2.44 bits per heavy atom. The first-order valence-electron chi connectivity index (χ1n) is 4.80. The zero-order chi connectivity index (χ0) is 11.3. The average Bonchev–Trinajstić information content (AvgIpc) is 2.29. The van der Waals surface area contributed by atoms with Crippen LogP contribution in [0.4, 0.5) is 5.69 Å². The van der Waals surface area contributed by atoms with Gasteiger partial charge in [0.1, 0.15) is 0 Å². The standard InChI is InChI=1S/C11H16N2OS.ClH/c1-8(15-2)11(14)13-10-5-3-9(7-12)4-6-10;/h3-6,8H,7,12H2,1-2H3,(H,13,14);1H. The number of thioether (sulfide) groups is 1. The topological polar surface area (TPSA) is 55.1 Å². The third kappa shape index (κ3) is 4.43. The normalized spacial score (nSPS) is 11.4. The zero-order valence-corrected chi connectivity index (χ0v) is 11.0. The van der Waals surface area contributed by atoms with Gasteiger partial charge in [0.05, 0.1) is 5.25 Å². The Morgan fingerprint density at radius 1 is 1.44 bits per heavy atom. The molecule has 1 unspecified atom stereocenters. The smallest absolute Gasteiger partial charge is 0.237 e. The summed E-state index contributed by atoms with van der Waals surface area (Å²) >= 11 is 1.53. The van der Waals surface area contributed by atoms with Crippen molar-refractivity contribution in [1.29, 1.82) is 0 Å². The maximum Gasteiger partial charge on any atom is 0.237 e. The minimum atomic E-state index is -0.0285. The highest BCUT2D eigenvalue weighted by molar-refractivity contribution is 7.99. The number of benzene rings is 1. The molecule has 0 spiro atoms. The van der Waals surface area contributed by atoms with Crippen molar-refractivity contribution in [3.05, 3.63) is 29.8 Å². The number of hydrogen-bond acceptors (Lipinski definition) is 3. The Kier molecular flexibility index (Phi) is 7.21. The summed E-state index contributed by atoms with van der Waals surface area (Å²) in [7, 11) is 0. The van der Waals surface area contributed by atoms with Crippen LogP contribution in [0, 0.1) is 0 Å². The third-order valence-electron chi connectivity index (χ3n) is 2.18. The van der Waals surface area contributed by atoms with E-state index in [-0.39, 0.29) is 23.6 Å². The molecule has 1 aromatic rings. The van der Waals surface area contributed by atoms with E-state index in [1.165, 1.54) is 11.8 Å². The van der Waals surface area contributed by atoms with Gasteiger partial charge in [-0.25, -0.2) is 0 Å². The number of hydrogen-bond donors (Lipinski definition) is 2. The fourth-order valence-electron chi connectivity index (χ4n) is 1.08. The Bertz CT molecular complexity index is 329. The van der Waals surface area contributed by atoms with Crippen molar-refractivity contribution in [3.8, 4) is 0 Å². The molecule has 0 saturated heterocycles. The van der Waals surface area contributed by atoms with Gasteiger partial charge in [-0.2, -0.15) is 11.8 Å². The Balaban J connectivity index is 0.00000225. The number of nitrogens with one attached hydrogen (secondary N) is 1. The van der Waals surface area contributed by atoms with Crippen LogP contribution in [-0.4, -0.2) is 17.4 Å². The van der Waals surface area contributed by atoms with Gasteiger partial charge in [0.15, 0.2) is 0 Å². The molecule has 1 rings (SSSR count). The lowest BCUT2D eigenvalue weighted by Crippen LogP contribution is -2.21. The lowest BCUT2D eigenvalue weighted by atomic mass is 10.2. The van der Waals surface area contributed by atoms with Crippen molar-refractivity contribution >= 4 is 35.8 Å². The van der Waals surface area contributed by atoms with Crippen LogP contribution in [0.25, 0.3) is 0 Å². The second-order valence-electron chi connectivity index (χ2n) is 3.27. The van der Waals surface area contributed by atoms with Crippen molar-refractivity contribution < 1.29 is 4.79 Å². The number of carbonyl (C=O) groups excluding carboxylic acids is 1. The van der Waals surface area contributed by atoms with Gasteiger partial charge in [0.25, 0.3) is 0 Å². The predicted octanol–water partition coefficient (Wildman–Crippen LogP) is 2.26. The molecule has 5 heteroatoms. The van der Waals surface area contributed by atoms with Crippen molar-refractivity contribution in [1.82, 2.24) is 0 Å². The first-order valence-corrected chi connectivity index (χ1v) is 6.09. The number of halogens is 1. The molecule has 0 radical (unpaired) electrons. The lowest BCUT2D eigenvalue weighted by Gasteiger charge is -2.09. The van der Waals surface area contributed by atoms with E-state index in [1.807, 2.05) is 37.4 Å². The molecule has 0 aliphatic heterocycles. The van der Waals surface area contributed by atoms with Crippen LogP contribution < -0.4 is 11.1 Å². The van der Waals surface area contributed by atoms with Crippen molar-refractivity contribution in [3.63, 3.8) is 0 Å².